The normalized spacial score (nSPS) is 16.2. The van der Waals surface area contributed by atoms with Crippen LogP contribution in [0.3, 0.4) is 0 Å². The van der Waals surface area contributed by atoms with Crippen LogP contribution in [0.5, 0.6) is 5.75 Å². The molecule has 7 nitrogen and oxygen atoms in total. The van der Waals surface area contributed by atoms with Gasteiger partial charge in [-0.05, 0) is 58.2 Å². The zero-order chi connectivity index (χ0) is 22.3. The van der Waals surface area contributed by atoms with Gasteiger partial charge in [0.2, 0.25) is 0 Å². The quantitative estimate of drug-likeness (QED) is 0.500. The average Bonchev–Trinajstić information content (AvgIpc) is 3.02. The summed E-state index contributed by atoms with van der Waals surface area (Å²) in [4.78, 5) is 4.86. The van der Waals surface area contributed by atoms with E-state index in [0.717, 1.165) is 62.2 Å². The number of nitrogens with zero attached hydrogens (tertiary/aromatic N) is 3. The van der Waals surface area contributed by atoms with Crippen molar-refractivity contribution in [3.63, 3.8) is 0 Å². The van der Waals surface area contributed by atoms with Crippen molar-refractivity contribution >= 4 is 5.96 Å². The lowest BCUT2D eigenvalue weighted by atomic mass is 9.74. The summed E-state index contributed by atoms with van der Waals surface area (Å²) in [5, 5.41) is 11.5. The predicted molar refractivity (Wildman–Crippen MR) is 125 cm³/mol. The van der Waals surface area contributed by atoms with Crippen LogP contribution >= 0.6 is 0 Å². The molecule has 170 valence electrons. The molecule has 1 aliphatic heterocycles. The molecule has 3 rings (SSSR count). The maximum Gasteiger partial charge on any atom is 0.191 e. The molecule has 7 heteroatoms. The Kier molecular flexibility index (Phi) is 7.96. The Morgan fingerprint density at radius 3 is 2.45 bits per heavy atom. The van der Waals surface area contributed by atoms with Gasteiger partial charge in [0.25, 0.3) is 0 Å². The standard InChI is InChI=1S/C24H37N5O2/c1-6-25-23(26-16-22-18(3)28-29(5)19(22)4)27-17-24(12-14-30-15-13-24)20-8-10-21(11-9-20)31-7-2/h8-11H,6-7,12-17H2,1-5H3,(H2,25,26,27). The van der Waals surface area contributed by atoms with Crippen molar-refractivity contribution in [1.82, 2.24) is 20.4 Å². The van der Waals surface area contributed by atoms with Gasteiger partial charge in [0, 0.05) is 50.0 Å². The fraction of sp³-hybridized carbons (Fsp3) is 0.583. The highest BCUT2D eigenvalue weighted by Gasteiger charge is 2.34. The Morgan fingerprint density at radius 2 is 1.87 bits per heavy atom. The van der Waals surface area contributed by atoms with Crippen LogP contribution in [0, 0.1) is 13.8 Å². The largest absolute Gasteiger partial charge is 0.494 e. The second-order valence-electron chi connectivity index (χ2n) is 8.17. The molecule has 1 aromatic heterocycles. The van der Waals surface area contributed by atoms with Gasteiger partial charge in [-0.1, -0.05) is 12.1 Å². The highest BCUT2D eigenvalue weighted by atomic mass is 16.5. The lowest BCUT2D eigenvalue weighted by Gasteiger charge is -2.38. The number of hydrogen-bond acceptors (Lipinski definition) is 4. The van der Waals surface area contributed by atoms with E-state index >= 15 is 0 Å². The second-order valence-corrected chi connectivity index (χ2v) is 8.17. The first kappa shape index (κ1) is 23.1. The van der Waals surface area contributed by atoms with E-state index in [9.17, 15) is 0 Å². The van der Waals surface area contributed by atoms with Crippen LogP contribution in [0.4, 0.5) is 0 Å². The molecule has 0 radical (unpaired) electrons. The molecule has 0 saturated carbocycles. The first-order valence-electron chi connectivity index (χ1n) is 11.3. The number of guanidine groups is 1. The van der Waals surface area contributed by atoms with Gasteiger partial charge >= 0.3 is 0 Å². The summed E-state index contributed by atoms with van der Waals surface area (Å²) in [6, 6.07) is 8.54. The summed E-state index contributed by atoms with van der Waals surface area (Å²) in [6.07, 6.45) is 1.96. The molecule has 2 aromatic rings. The first-order valence-corrected chi connectivity index (χ1v) is 11.3. The Bertz CT molecular complexity index is 867. The number of benzene rings is 1. The van der Waals surface area contributed by atoms with Gasteiger partial charge in [-0.15, -0.1) is 0 Å². The number of hydrogen-bond donors (Lipinski definition) is 2. The zero-order valence-electron chi connectivity index (χ0n) is 19.6. The molecule has 0 aliphatic carbocycles. The van der Waals surface area contributed by atoms with Gasteiger partial charge in [-0.2, -0.15) is 5.10 Å². The fourth-order valence-corrected chi connectivity index (χ4v) is 4.20. The minimum atomic E-state index is 0.0132. The van der Waals surface area contributed by atoms with Crippen LogP contribution in [-0.4, -0.2) is 48.7 Å². The molecule has 1 fully saturated rings. The molecule has 1 saturated heterocycles. The van der Waals surface area contributed by atoms with Crippen LogP contribution in [0.1, 0.15) is 49.2 Å². The third kappa shape index (κ3) is 5.58. The maximum atomic E-state index is 5.69. The van der Waals surface area contributed by atoms with Gasteiger partial charge in [0.15, 0.2) is 5.96 Å². The van der Waals surface area contributed by atoms with Crippen molar-refractivity contribution in [2.24, 2.45) is 12.0 Å². The predicted octanol–water partition coefficient (Wildman–Crippen LogP) is 3.24. The number of rotatable bonds is 8. The molecule has 0 amide bonds. The Hall–Kier alpha value is -2.54. The smallest absolute Gasteiger partial charge is 0.191 e. The summed E-state index contributed by atoms with van der Waals surface area (Å²) in [5.41, 5.74) is 4.72. The molecule has 2 heterocycles. The second kappa shape index (κ2) is 10.7. The van der Waals surface area contributed by atoms with E-state index in [0.29, 0.717) is 13.2 Å². The van der Waals surface area contributed by atoms with Crippen molar-refractivity contribution in [3.8, 4) is 5.75 Å². The molecule has 1 aliphatic rings. The highest BCUT2D eigenvalue weighted by Crippen LogP contribution is 2.35. The SMILES string of the molecule is CCNC(=NCc1c(C)nn(C)c1C)NCC1(c2ccc(OCC)cc2)CCOCC1. The third-order valence-corrected chi connectivity index (χ3v) is 6.22. The zero-order valence-corrected chi connectivity index (χ0v) is 19.6. The van der Waals surface area contributed by atoms with Crippen molar-refractivity contribution < 1.29 is 9.47 Å². The summed E-state index contributed by atoms with van der Waals surface area (Å²) < 4.78 is 13.2. The lowest BCUT2D eigenvalue weighted by Crippen LogP contribution is -2.48. The molecule has 2 N–H and O–H groups in total. The number of aryl methyl sites for hydroxylation is 2. The Labute approximate surface area is 186 Å². The van der Waals surface area contributed by atoms with Gasteiger partial charge in [-0.3, -0.25) is 4.68 Å². The molecule has 0 spiro atoms. The molecule has 0 unspecified atom stereocenters. The number of nitrogens with one attached hydrogen (secondary N) is 2. The lowest BCUT2D eigenvalue weighted by molar-refractivity contribution is 0.0513. The van der Waals surface area contributed by atoms with E-state index in [4.69, 9.17) is 14.5 Å². The van der Waals surface area contributed by atoms with Crippen LogP contribution in [0.25, 0.3) is 0 Å². The maximum absolute atomic E-state index is 5.69. The van der Waals surface area contributed by atoms with Crippen molar-refractivity contribution in [2.45, 2.75) is 52.5 Å². The van der Waals surface area contributed by atoms with E-state index in [1.54, 1.807) is 0 Å². The molecule has 0 bridgehead atoms. The topological polar surface area (TPSA) is 72.7 Å². The molecular weight excluding hydrogens is 390 g/mol. The van der Waals surface area contributed by atoms with E-state index in [2.05, 4.69) is 53.8 Å². The minimum Gasteiger partial charge on any atom is -0.494 e. The molecule has 1 aromatic carbocycles. The Balaban J connectivity index is 1.76. The van der Waals surface area contributed by atoms with Crippen LogP contribution in [-0.2, 0) is 23.7 Å². The average molecular weight is 428 g/mol. The van der Waals surface area contributed by atoms with Crippen molar-refractivity contribution in [1.29, 1.82) is 0 Å². The number of aromatic nitrogens is 2. The van der Waals surface area contributed by atoms with Crippen LogP contribution in [0.15, 0.2) is 29.3 Å². The van der Waals surface area contributed by atoms with Gasteiger partial charge in [0.1, 0.15) is 5.75 Å². The summed E-state index contributed by atoms with van der Waals surface area (Å²) >= 11 is 0. The van der Waals surface area contributed by atoms with Crippen molar-refractivity contribution in [2.75, 3.05) is 32.9 Å². The van der Waals surface area contributed by atoms with E-state index < -0.39 is 0 Å². The highest BCUT2D eigenvalue weighted by molar-refractivity contribution is 5.80. The summed E-state index contributed by atoms with van der Waals surface area (Å²) in [7, 11) is 1.98. The third-order valence-electron chi connectivity index (χ3n) is 6.22. The van der Waals surface area contributed by atoms with Gasteiger partial charge < -0.3 is 20.1 Å². The summed E-state index contributed by atoms with van der Waals surface area (Å²) in [6.45, 7) is 12.7. The van der Waals surface area contributed by atoms with Gasteiger partial charge in [-0.25, -0.2) is 4.99 Å². The molecule has 0 atom stereocenters. The molecular formula is C24H37N5O2. The minimum absolute atomic E-state index is 0.0132. The van der Waals surface area contributed by atoms with E-state index in [1.165, 1.54) is 11.1 Å². The fourth-order valence-electron chi connectivity index (χ4n) is 4.20. The number of ether oxygens (including phenoxy) is 2. The first-order chi connectivity index (χ1) is 15.0. The van der Waals surface area contributed by atoms with E-state index in [1.807, 2.05) is 25.6 Å². The van der Waals surface area contributed by atoms with Crippen LogP contribution in [0.2, 0.25) is 0 Å². The Morgan fingerprint density at radius 1 is 1.16 bits per heavy atom. The van der Waals surface area contributed by atoms with Crippen molar-refractivity contribution in [3.05, 3.63) is 46.8 Å². The summed E-state index contributed by atoms with van der Waals surface area (Å²) in [5.74, 6) is 1.75. The van der Waals surface area contributed by atoms with Crippen LogP contribution < -0.4 is 15.4 Å². The molecule has 31 heavy (non-hydrogen) atoms. The number of aliphatic imine (C=N–C) groups is 1. The van der Waals surface area contributed by atoms with Gasteiger partial charge in [0.05, 0.1) is 18.8 Å². The van der Waals surface area contributed by atoms with E-state index in [-0.39, 0.29) is 5.41 Å². The monoisotopic (exact) mass is 427 g/mol.